The maximum absolute atomic E-state index is 12.9. The van der Waals surface area contributed by atoms with Crippen molar-refractivity contribution in [1.29, 1.82) is 0 Å². The van der Waals surface area contributed by atoms with Gasteiger partial charge in [0, 0.05) is 19.3 Å². The van der Waals surface area contributed by atoms with Crippen molar-refractivity contribution in [2.45, 2.75) is 335 Å². The molecule has 0 rings (SSSR count). The maximum Gasteiger partial charge on any atom is 0.306 e. The molecule has 0 saturated carbocycles. The Morgan fingerprint density at radius 2 is 0.519 bits per heavy atom. The van der Waals surface area contributed by atoms with E-state index in [0.717, 1.165) is 116 Å². The molecule has 0 saturated heterocycles. The number of hydrogen-bond acceptors (Lipinski definition) is 6. The van der Waals surface area contributed by atoms with E-state index >= 15 is 0 Å². The molecule has 6 heteroatoms. The molecule has 0 aliphatic rings. The van der Waals surface area contributed by atoms with Gasteiger partial charge in [-0.1, -0.05) is 291 Å². The summed E-state index contributed by atoms with van der Waals surface area (Å²) in [6.07, 6.45) is 90.1. The Labute approximate surface area is 489 Å². The van der Waals surface area contributed by atoms with E-state index in [1.165, 1.54) is 173 Å². The highest BCUT2D eigenvalue weighted by molar-refractivity contribution is 5.71. The molecule has 79 heavy (non-hydrogen) atoms. The van der Waals surface area contributed by atoms with Crippen molar-refractivity contribution in [3.05, 3.63) is 97.2 Å². The average molecular weight is 1100 g/mol. The van der Waals surface area contributed by atoms with Gasteiger partial charge in [0.2, 0.25) is 0 Å². The summed E-state index contributed by atoms with van der Waals surface area (Å²) in [6.45, 7) is 6.46. The summed E-state index contributed by atoms with van der Waals surface area (Å²) in [7, 11) is 0. The van der Waals surface area contributed by atoms with Crippen LogP contribution < -0.4 is 0 Å². The van der Waals surface area contributed by atoms with E-state index in [9.17, 15) is 14.4 Å². The maximum atomic E-state index is 12.9. The van der Waals surface area contributed by atoms with Crippen molar-refractivity contribution >= 4 is 17.9 Å². The topological polar surface area (TPSA) is 78.9 Å². The number of carbonyl (C=O) groups is 3. The number of allylic oxidation sites excluding steroid dienone is 16. The van der Waals surface area contributed by atoms with Gasteiger partial charge >= 0.3 is 17.9 Å². The second-order valence-electron chi connectivity index (χ2n) is 22.3. The van der Waals surface area contributed by atoms with E-state index in [-0.39, 0.29) is 31.1 Å². The molecular weight excluding hydrogens is 973 g/mol. The number of esters is 3. The minimum atomic E-state index is -0.784. The highest BCUT2D eigenvalue weighted by atomic mass is 16.6. The molecule has 454 valence electrons. The van der Waals surface area contributed by atoms with Crippen molar-refractivity contribution in [1.82, 2.24) is 0 Å². The third-order valence-electron chi connectivity index (χ3n) is 14.5. The largest absolute Gasteiger partial charge is 0.462 e. The van der Waals surface area contributed by atoms with Crippen LogP contribution in [0.15, 0.2) is 97.2 Å². The molecule has 0 aliphatic heterocycles. The van der Waals surface area contributed by atoms with Crippen LogP contribution in [-0.2, 0) is 28.6 Å². The fourth-order valence-corrected chi connectivity index (χ4v) is 9.50. The van der Waals surface area contributed by atoms with Crippen molar-refractivity contribution in [3.63, 3.8) is 0 Å². The lowest BCUT2D eigenvalue weighted by molar-refractivity contribution is -0.167. The van der Waals surface area contributed by atoms with Gasteiger partial charge in [0.05, 0.1) is 0 Å². The molecule has 0 aromatic heterocycles. The number of rotatable bonds is 61. The SMILES string of the molecule is CC/C=C\C/C=C\C/C=C\C/C=C\C/C=C\CCCCCCCCCCCCCCCCCCCC(=O)OCC(COC(=O)CCCCCCC/C=C\CCC)OC(=O)CCCCCCCCC/C=C\C/C=C\CCCCCC. The van der Waals surface area contributed by atoms with E-state index in [1.807, 2.05) is 0 Å². The van der Waals surface area contributed by atoms with Crippen LogP contribution in [0.25, 0.3) is 0 Å². The number of ether oxygens (including phenoxy) is 3. The molecule has 0 amide bonds. The first-order valence-corrected chi connectivity index (χ1v) is 33.7. The standard InChI is InChI=1S/C73H126O6/c1-4-7-10-13-16-19-22-24-26-28-30-31-32-33-34-35-36-37-38-39-40-41-42-43-44-46-47-49-51-54-57-60-63-66-72(75)78-69-70(68-77-71(74)65-62-59-56-53-21-18-15-12-9-6-3)79-73(76)67-64-61-58-55-52-50-48-45-29-27-25-23-20-17-14-11-8-5-2/h7,10,12,15-16,19-20,23-24,26-27,29-31,33-34,70H,4-6,8-9,11,13-14,17-18,21-22,25,28,32,35-69H2,1-3H3/b10-7-,15-12-,19-16-,23-20-,26-24-,29-27-,31-30-,34-33-. The summed E-state index contributed by atoms with van der Waals surface area (Å²) >= 11 is 0. The molecule has 0 aliphatic carbocycles. The second-order valence-corrected chi connectivity index (χ2v) is 22.3. The van der Waals surface area contributed by atoms with Crippen LogP contribution in [-0.4, -0.2) is 37.2 Å². The van der Waals surface area contributed by atoms with E-state index in [1.54, 1.807) is 0 Å². The summed E-state index contributed by atoms with van der Waals surface area (Å²) < 4.78 is 16.9. The first kappa shape index (κ1) is 75.3. The molecule has 0 heterocycles. The van der Waals surface area contributed by atoms with Gasteiger partial charge in [0.25, 0.3) is 0 Å². The quantitative estimate of drug-likeness (QED) is 0.0261. The third kappa shape index (κ3) is 65.0. The summed E-state index contributed by atoms with van der Waals surface area (Å²) in [6, 6.07) is 0. The number of unbranched alkanes of at least 4 members (excludes halogenated alkanes) is 34. The van der Waals surface area contributed by atoms with Gasteiger partial charge in [-0.25, -0.2) is 0 Å². The molecule has 0 spiro atoms. The lowest BCUT2D eigenvalue weighted by Crippen LogP contribution is -2.30. The van der Waals surface area contributed by atoms with Crippen LogP contribution in [0, 0.1) is 0 Å². The Balaban J connectivity index is 4.12. The summed E-state index contributed by atoms with van der Waals surface area (Å²) in [5.74, 6) is -0.887. The summed E-state index contributed by atoms with van der Waals surface area (Å²) in [5.41, 5.74) is 0. The lowest BCUT2D eigenvalue weighted by atomic mass is 10.0. The monoisotopic (exact) mass is 1100 g/mol. The van der Waals surface area contributed by atoms with Crippen molar-refractivity contribution in [3.8, 4) is 0 Å². The first-order valence-electron chi connectivity index (χ1n) is 33.7. The molecule has 0 fully saturated rings. The average Bonchev–Trinajstić information content (AvgIpc) is 3.45. The second kappa shape index (κ2) is 66.8. The van der Waals surface area contributed by atoms with E-state index in [4.69, 9.17) is 14.2 Å². The summed E-state index contributed by atoms with van der Waals surface area (Å²) in [4.78, 5) is 38.2. The van der Waals surface area contributed by atoms with Crippen molar-refractivity contribution in [2.24, 2.45) is 0 Å². The predicted octanol–water partition coefficient (Wildman–Crippen LogP) is 23.2. The highest BCUT2D eigenvalue weighted by Gasteiger charge is 2.19. The smallest absolute Gasteiger partial charge is 0.306 e. The highest BCUT2D eigenvalue weighted by Crippen LogP contribution is 2.17. The summed E-state index contributed by atoms with van der Waals surface area (Å²) in [5, 5.41) is 0. The normalized spacial score (nSPS) is 12.7. The van der Waals surface area contributed by atoms with E-state index in [0.29, 0.717) is 19.3 Å². The Bertz CT molecular complexity index is 1540. The Kier molecular flexibility index (Phi) is 63.7. The fraction of sp³-hybridized carbons (Fsp3) is 0.740. The molecule has 1 atom stereocenters. The fourth-order valence-electron chi connectivity index (χ4n) is 9.50. The van der Waals surface area contributed by atoms with E-state index < -0.39 is 6.10 Å². The van der Waals surface area contributed by atoms with Gasteiger partial charge in [-0.3, -0.25) is 14.4 Å². The van der Waals surface area contributed by atoms with Crippen LogP contribution in [0.4, 0.5) is 0 Å². The lowest BCUT2D eigenvalue weighted by Gasteiger charge is -2.18. The van der Waals surface area contributed by atoms with Crippen LogP contribution in [0.5, 0.6) is 0 Å². The van der Waals surface area contributed by atoms with Crippen molar-refractivity contribution in [2.75, 3.05) is 13.2 Å². The zero-order valence-electron chi connectivity index (χ0n) is 52.1. The number of hydrogen-bond donors (Lipinski definition) is 0. The van der Waals surface area contributed by atoms with Gasteiger partial charge in [0.1, 0.15) is 13.2 Å². The van der Waals surface area contributed by atoms with Gasteiger partial charge < -0.3 is 14.2 Å². The Morgan fingerprint density at radius 1 is 0.266 bits per heavy atom. The van der Waals surface area contributed by atoms with Gasteiger partial charge in [0.15, 0.2) is 6.10 Å². The molecule has 0 bridgehead atoms. The third-order valence-corrected chi connectivity index (χ3v) is 14.5. The van der Waals surface area contributed by atoms with E-state index in [2.05, 4.69) is 118 Å². The molecule has 0 N–H and O–H groups in total. The molecule has 0 aromatic carbocycles. The first-order chi connectivity index (χ1) is 39.0. The predicted molar refractivity (Wildman–Crippen MR) is 344 cm³/mol. The minimum absolute atomic E-state index is 0.0803. The van der Waals surface area contributed by atoms with Crippen molar-refractivity contribution < 1.29 is 28.6 Å². The van der Waals surface area contributed by atoms with Gasteiger partial charge in [-0.15, -0.1) is 0 Å². The molecular formula is C73H126O6. The van der Waals surface area contributed by atoms with Crippen LogP contribution in [0.2, 0.25) is 0 Å². The van der Waals surface area contributed by atoms with Gasteiger partial charge in [-0.2, -0.15) is 0 Å². The molecule has 1 unspecified atom stereocenters. The zero-order chi connectivity index (χ0) is 57.1. The molecule has 6 nitrogen and oxygen atoms in total. The van der Waals surface area contributed by atoms with Gasteiger partial charge in [-0.05, 0) is 116 Å². The van der Waals surface area contributed by atoms with Crippen LogP contribution >= 0.6 is 0 Å². The minimum Gasteiger partial charge on any atom is -0.462 e. The Hall–Kier alpha value is -3.67. The van der Waals surface area contributed by atoms with Crippen LogP contribution in [0.3, 0.4) is 0 Å². The number of carbonyl (C=O) groups excluding carboxylic acids is 3. The molecule has 0 radical (unpaired) electrons. The molecule has 0 aromatic rings. The Morgan fingerprint density at radius 3 is 0.835 bits per heavy atom. The zero-order valence-corrected chi connectivity index (χ0v) is 52.1. The van der Waals surface area contributed by atoms with Crippen LogP contribution in [0.1, 0.15) is 329 Å².